The molecule has 16 heavy (non-hydrogen) atoms. The van der Waals surface area contributed by atoms with Crippen LogP contribution in [0, 0.1) is 3.57 Å². The molecule has 1 spiro atoms. The molecule has 1 aliphatic heterocycles. The second kappa shape index (κ2) is 3.85. The van der Waals surface area contributed by atoms with Gasteiger partial charge in [0.05, 0.1) is 13.2 Å². The molecule has 1 aromatic rings. The fraction of sp³-hybridized carbons (Fsp3) is 0.500. The average molecular weight is 331 g/mol. The third-order valence-corrected chi connectivity index (χ3v) is 4.30. The molecule has 3 rings (SSSR count). The van der Waals surface area contributed by atoms with Gasteiger partial charge in [-0.05, 0) is 52.3 Å². The highest BCUT2D eigenvalue weighted by Gasteiger charge is 2.39. The van der Waals surface area contributed by atoms with E-state index in [4.69, 9.17) is 15.2 Å². The van der Waals surface area contributed by atoms with Crippen molar-refractivity contribution in [3.05, 3.63) is 26.8 Å². The first kappa shape index (κ1) is 10.8. The molecule has 1 saturated heterocycles. The van der Waals surface area contributed by atoms with Crippen LogP contribution in [0.5, 0.6) is 0 Å². The Labute approximate surface area is 108 Å². The van der Waals surface area contributed by atoms with Crippen LogP contribution in [-0.2, 0) is 22.3 Å². The third kappa shape index (κ3) is 1.72. The maximum absolute atomic E-state index is 5.92. The van der Waals surface area contributed by atoms with E-state index in [1.165, 1.54) is 11.1 Å². The monoisotopic (exact) mass is 331 g/mol. The maximum Gasteiger partial charge on any atom is 0.172 e. The summed E-state index contributed by atoms with van der Waals surface area (Å²) >= 11 is 2.28. The first-order valence-electron chi connectivity index (χ1n) is 5.53. The molecule has 2 N–H and O–H groups in total. The molecule has 0 saturated carbocycles. The van der Waals surface area contributed by atoms with E-state index in [2.05, 4.69) is 34.7 Å². The minimum Gasteiger partial charge on any atom is -0.398 e. The molecule has 0 amide bonds. The molecule has 2 aliphatic rings. The van der Waals surface area contributed by atoms with Gasteiger partial charge in [-0.15, -0.1) is 0 Å². The second-order valence-electron chi connectivity index (χ2n) is 4.43. The molecular formula is C12H14INO2. The summed E-state index contributed by atoms with van der Waals surface area (Å²) in [6.45, 7) is 1.45. The number of anilines is 1. The quantitative estimate of drug-likeness (QED) is 0.585. The number of nitrogen functional groups attached to an aromatic ring is 1. The van der Waals surface area contributed by atoms with E-state index in [1.807, 2.05) is 0 Å². The van der Waals surface area contributed by atoms with Gasteiger partial charge in [0.1, 0.15) is 0 Å². The Kier molecular flexibility index (Phi) is 2.60. The van der Waals surface area contributed by atoms with Crippen molar-refractivity contribution in [3.8, 4) is 0 Å². The summed E-state index contributed by atoms with van der Waals surface area (Å²) in [6.07, 6.45) is 2.80. The Balaban J connectivity index is 1.96. The standard InChI is InChI=1S/C12H14INO2/c13-10-5-9-7-12(15-3-4-16-12)2-1-8(9)6-11(10)14/h5-6H,1-4,7,14H2. The number of benzene rings is 1. The van der Waals surface area contributed by atoms with Gasteiger partial charge in [-0.2, -0.15) is 0 Å². The summed E-state index contributed by atoms with van der Waals surface area (Å²) in [7, 11) is 0. The zero-order valence-electron chi connectivity index (χ0n) is 8.96. The van der Waals surface area contributed by atoms with E-state index in [1.54, 1.807) is 0 Å². The maximum atomic E-state index is 5.92. The number of hydrogen-bond acceptors (Lipinski definition) is 3. The van der Waals surface area contributed by atoms with E-state index in [9.17, 15) is 0 Å². The number of nitrogens with two attached hydrogens (primary N) is 1. The molecule has 4 heteroatoms. The molecule has 0 unspecified atom stereocenters. The fourth-order valence-electron chi connectivity index (χ4n) is 2.52. The molecule has 0 bridgehead atoms. The fourth-order valence-corrected chi connectivity index (χ4v) is 3.05. The Morgan fingerprint density at radius 2 is 1.94 bits per heavy atom. The van der Waals surface area contributed by atoms with Crippen molar-refractivity contribution in [2.24, 2.45) is 0 Å². The summed E-state index contributed by atoms with van der Waals surface area (Å²) in [5, 5.41) is 0. The number of fused-ring (bicyclic) bond motifs is 1. The third-order valence-electron chi connectivity index (χ3n) is 3.37. The predicted octanol–water partition coefficient (Wildman–Crippen LogP) is 2.11. The van der Waals surface area contributed by atoms with Crippen LogP contribution in [0.25, 0.3) is 0 Å². The van der Waals surface area contributed by atoms with E-state index in [0.29, 0.717) is 0 Å². The highest BCUT2D eigenvalue weighted by molar-refractivity contribution is 14.1. The van der Waals surface area contributed by atoms with E-state index in [0.717, 1.165) is 41.7 Å². The molecule has 86 valence electrons. The number of hydrogen-bond donors (Lipinski definition) is 1. The van der Waals surface area contributed by atoms with Crippen molar-refractivity contribution < 1.29 is 9.47 Å². The number of rotatable bonds is 0. The molecule has 0 radical (unpaired) electrons. The Bertz CT molecular complexity index is 427. The van der Waals surface area contributed by atoms with Crippen molar-refractivity contribution in [2.45, 2.75) is 25.0 Å². The molecule has 3 nitrogen and oxygen atoms in total. The molecule has 1 aliphatic carbocycles. The van der Waals surface area contributed by atoms with Crippen LogP contribution in [0.1, 0.15) is 17.5 Å². The normalized spacial score (nSPS) is 22.3. The van der Waals surface area contributed by atoms with Crippen LogP contribution >= 0.6 is 22.6 Å². The van der Waals surface area contributed by atoms with Crippen molar-refractivity contribution >= 4 is 28.3 Å². The lowest BCUT2D eigenvalue weighted by molar-refractivity contribution is -0.163. The molecule has 0 aromatic heterocycles. The van der Waals surface area contributed by atoms with Gasteiger partial charge in [-0.1, -0.05) is 0 Å². The number of aryl methyl sites for hydroxylation is 1. The Morgan fingerprint density at radius 1 is 1.19 bits per heavy atom. The Morgan fingerprint density at radius 3 is 2.69 bits per heavy atom. The zero-order valence-corrected chi connectivity index (χ0v) is 11.1. The lowest BCUT2D eigenvalue weighted by Crippen LogP contribution is -2.37. The van der Waals surface area contributed by atoms with Crippen LogP contribution in [0.3, 0.4) is 0 Å². The highest BCUT2D eigenvalue weighted by Crippen LogP contribution is 2.36. The minimum absolute atomic E-state index is 0.341. The van der Waals surface area contributed by atoms with Gasteiger partial charge < -0.3 is 15.2 Å². The van der Waals surface area contributed by atoms with Crippen molar-refractivity contribution in [3.63, 3.8) is 0 Å². The van der Waals surface area contributed by atoms with Crippen molar-refractivity contribution in [1.29, 1.82) is 0 Å². The van der Waals surface area contributed by atoms with E-state index < -0.39 is 0 Å². The summed E-state index contributed by atoms with van der Waals surface area (Å²) in [5.74, 6) is -0.341. The molecule has 0 atom stereocenters. The second-order valence-corrected chi connectivity index (χ2v) is 5.59. The first-order chi connectivity index (χ1) is 7.69. The van der Waals surface area contributed by atoms with Gasteiger partial charge in [-0.3, -0.25) is 0 Å². The molecule has 1 aromatic carbocycles. The summed E-state index contributed by atoms with van der Waals surface area (Å²) < 4.78 is 12.6. The van der Waals surface area contributed by atoms with Gasteiger partial charge in [0.15, 0.2) is 5.79 Å². The van der Waals surface area contributed by atoms with Crippen molar-refractivity contribution in [1.82, 2.24) is 0 Å². The SMILES string of the molecule is Nc1cc2c(cc1I)CC1(CC2)OCCO1. The van der Waals surface area contributed by atoms with Gasteiger partial charge in [0.25, 0.3) is 0 Å². The van der Waals surface area contributed by atoms with Crippen LogP contribution < -0.4 is 5.73 Å². The van der Waals surface area contributed by atoms with Gasteiger partial charge in [-0.25, -0.2) is 0 Å². The largest absolute Gasteiger partial charge is 0.398 e. The van der Waals surface area contributed by atoms with Crippen molar-refractivity contribution in [2.75, 3.05) is 18.9 Å². The van der Waals surface area contributed by atoms with Crippen LogP contribution in [0.4, 0.5) is 5.69 Å². The molecular weight excluding hydrogens is 317 g/mol. The smallest absolute Gasteiger partial charge is 0.172 e. The summed E-state index contributed by atoms with van der Waals surface area (Å²) in [4.78, 5) is 0. The van der Waals surface area contributed by atoms with Gasteiger partial charge >= 0.3 is 0 Å². The van der Waals surface area contributed by atoms with Crippen LogP contribution in [0.2, 0.25) is 0 Å². The van der Waals surface area contributed by atoms with Gasteiger partial charge in [0, 0.05) is 22.1 Å². The van der Waals surface area contributed by atoms with E-state index in [-0.39, 0.29) is 5.79 Å². The van der Waals surface area contributed by atoms with E-state index >= 15 is 0 Å². The number of halogens is 1. The van der Waals surface area contributed by atoms with Crippen LogP contribution in [-0.4, -0.2) is 19.0 Å². The first-order valence-corrected chi connectivity index (χ1v) is 6.61. The topological polar surface area (TPSA) is 44.5 Å². The highest BCUT2D eigenvalue weighted by atomic mass is 127. The molecule has 1 fully saturated rings. The Hall–Kier alpha value is -0.330. The lowest BCUT2D eigenvalue weighted by atomic mass is 9.87. The zero-order chi connectivity index (χ0) is 11.2. The molecule has 1 heterocycles. The lowest BCUT2D eigenvalue weighted by Gasteiger charge is -2.33. The van der Waals surface area contributed by atoms with Crippen LogP contribution in [0.15, 0.2) is 12.1 Å². The summed E-state index contributed by atoms with van der Waals surface area (Å²) in [6, 6.07) is 4.26. The minimum atomic E-state index is -0.341. The number of ether oxygens (including phenoxy) is 2. The van der Waals surface area contributed by atoms with Gasteiger partial charge in [0.2, 0.25) is 0 Å². The average Bonchev–Trinajstić information content (AvgIpc) is 2.69. The summed E-state index contributed by atoms with van der Waals surface area (Å²) in [5.41, 5.74) is 9.47. The predicted molar refractivity (Wildman–Crippen MR) is 70.2 cm³/mol.